The van der Waals surface area contributed by atoms with E-state index >= 15 is 0 Å². The zero-order valence-electron chi connectivity index (χ0n) is 15.2. The van der Waals surface area contributed by atoms with Crippen LogP contribution in [-0.4, -0.2) is 56.3 Å². The lowest BCUT2D eigenvalue weighted by atomic mass is 10.2. The van der Waals surface area contributed by atoms with E-state index in [1.165, 1.54) is 10.4 Å². The molecule has 136 valence electrons. The largest absolute Gasteiger partial charge is 0.494 e. The highest BCUT2D eigenvalue weighted by atomic mass is 32.2. The Morgan fingerprint density at radius 2 is 1.71 bits per heavy atom. The van der Waals surface area contributed by atoms with Crippen LogP contribution in [-0.2, 0) is 14.8 Å². The maximum Gasteiger partial charge on any atom is 0.243 e. The Hall–Kier alpha value is -1.60. The molecule has 1 aromatic rings. The van der Waals surface area contributed by atoms with Crippen molar-refractivity contribution in [2.45, 2.75) is 39.5 Å². The van der Waals surface area contributed by atoms with Crippen LogP contribution in [0.2, 0.25) is 0 Å². The van der Waals surface area contributed by atoms with Gasteiger partial charge in [-0.2, -0.15) is 4.31 Å². The molecular formula is C17H28N2O4S. The van der Waals surface area contributed by atoms with Gasteiger partial charge < -0.3 is 9.64 Å². The Balaban J connectivity index is 3.07. The van der Waals surface area contributed by atoms with E-state index < -0.39 is 10.0 Å². The van der Waals surface area contributed by atoms with Crippen molar-refractivity contribution in [1.82, 2.24) is 9.21 Å². The van der Waals surface area contributed by atoms with E-state index in [1.807, 2.05) is 20.8 Å². The molecule has 0 aliphatic carbocycles. The molecule has 0 fully saturated rings. The predicted octanol–water partition coefficient (Wildman–Crippen LogP) is 2.27. The van der Waals surface area contributed by atoms with Crippen LogP contribution in [0.25, 0.3) is 0 Å². The highest BCUT2D eigenvalue weighted by Crippen LogP contribution is 2.24. The molecule has 0 bridgehead atoms. The number of carbonyl (C=O) groups excluding carboxylic acids is 1. The third-order valence-corrected chi connectivity index (χ3v) is 5.78. The Morgan fingerprint density at radius 1 is 1.08 bits per heavy atom. The molecule has 0 N–H and O–H groups in total. The fourth-order valence-corrected chi connectivity index (χ4v) is 3.93. The van der Waals surface area contributed by atoms with Crippen LogP contribution in [0.3, 0.4) is 0 Å². The number of amides is 1. The van der Waals surface area contributed by atoms with E-state index in [4.69, 9.17) is 4.74 Å². The molecule has 1 rings (SSSR count). The molecule has 24 heavy (non-hydrogen) atoms. The SMILES string of the molecule is CCOc1ccc(S(=O)(=O)N(CC)CC(=O)N(CC)CC)cc1C. The first-order valence-corrected chi connectivity index (χ1v) is 9.77. The smallest absolute Gasteiger partial charge is 0.243 e. The van der Waals surface area contributed by atoms with E-state index in [0.29, 0.717) is 25.4 Å². The van der Waals surface area contributed by atoms with Gasteiger partial charge in [0.1, 0.15) is 5.75 Å². The van der Waals surface area contributed by atoms with Gasteiger partial charge in [-0.25, -0.2) is 8.42 Å². The summed E-state index contributed by atoms with van der Waals surface area (Å²) in [7, 11) is -3.72. The van der Waals surface area contributed by atoms with Crippen LogP contribution in [0, 0.1) is 6.92 Å². The number of sulfonamides is 1. The van der Waals surface area contributed by atoms with Crippen molar-refractivity contribution in [3.8, 4) is 5.75 Å². The van der Waals surface area contributed by atoms with E-state index in [9.17, 15) is 13.2 Å². The molecule has 6 nitrogen and oxygen atoms in total. The number of aryl methyl sites for hydroxylation is 1. The normalized spacial score (nSPS) is 11.6. The summed E-state index contributed by atoms with van der Waals surface area (Å²) in [5.74, 6) is 0.479. The van der Waals surface area contributed by atoms with Crippen molar-refractivity contribution in [3.05, 3.63) is 23.8 Å². The summed E-state index contributed by atoms with van der Waals surface area (Å²) < 4.78 is 32.3. The fourth-order valence-electron chi connectivity index (χ4n) is 2.44. The van der Waals surface area contributed by atoms with E-state index in [0.717, 1.165) is 5.56 Å². The van der Waals surface area contributed by atoms with Crippen LogP contribution in [0.15, 0.2) is 23.1 Å². The summed E-state index contributed by atoms with van der Waals surface area (Å²) >= 11 is 0. The molecule has 0 saturated heterocycles. The second-order valence-electron chi connectivity index (χ2n) is 5.36. The molecule has 0 radical (unpaired) electrons. The van der Waals surface area contributed by atoms with Gasteiger partial charge in [0.15, 0.2) is 0 Å². The molecule has 7 heteroatoms. The van der Waals surface area contributed by atoms with Gasteiger partial charge >= 0.3 is 0 Å². The Bertz CT molecular complexity index is 655. The number of carbonyl (C=O) groups is 1. The Labute approximate surface area is 145 Å². The minimum atomic E-state index is -3.72. The molecule has 0 spiro atoms. The number of hydrogen-bond acceptors (Lipinski definition) is 4. The standard InChI is InChI=1S/C17H28N2O4S/c1-6-18(7-2)17(20)13-19(8-3)24(21,22)15-10-11-16(23-9-4)14(5)12-15/h10-12H,6-9,13H2,1-5H3. The average Bonchev–Trinajstić information content (AvgIpc) is 2.55. The van der Waals surface area contributed by atoms with Crippen molar-refractivity contribution in [2.24, 2.45) is 0 Å². The molecule has 0 saturated carbocycles. The number of likely N-dealkylation sites (N-methyl/N-ethyl adjacent to an activating group) is 2. The number of benzene rings is 1. The highest BCUT2D eigenvalue weighted by molar-refractivity contribution is 7.89. The quantitative estimate of drug-likeness (QED) is 0.681. The fraction of sp³-hybridized carbons (Fsp3) is 0.588. The first-order valence-electron chi connectivity index (χ1n) is 8.33. The van der Waals surface area contributed by atoms with E-state index in [1.54, 1.807) is 30.9 Å². The molecule has 0 atom stereocenters. The molecule has 1 amide bonds. The van der Waals surface area contributed by atoms with Crippen molar-refractivity contribution in [3.63, 3.8) is 0 Å². The topological polar surface area (TPSA) is 66.9 Å². The number of ether oxygens (including phenoxy) is 1. The second kappa shape index (κ2) is 9.03. The van der Waals surface area contributed by atoms with Gasteiger partial charge in [-0.05, 0) is 51.5 Å². The van der Waals surface area contributed by atoms with Crippen LogP contribution >= 0.6 is 0 Å². The lowest BCUT2D eigenvalue weighted by Crippen LogP contribution is -2.42. The lowest BCUT2D eigenvalue weighted by molar-refractivity contribution is -0.131. The van der Waals surface area contributed by atoms with Gasteiger partial charge in [-0.1, -0.05) is 6.92 Å². The summed E-state index contributed by atoms with van der Waals surface area (Å²) in [5, 5.41) is 0. The maximum absolute atomic E-state index is 12.8. The van der Waals surface area contributed by atoms with Gasteiger partial charge in [0, 0.05) is 19.6 Å². The molecule has 0 aliphatic rings. The van der Waals surface area contributed by atoms with Crippen LogP contribution in [0.4, 0.5) is 0 Å². The second-order valence-corrected chi connectivity index (χ2v) is 7.30. The Kier molecular flexibility index (Phi) is 7.69. The average molecular weight is 356 g/mol. The first-order chi connectivity index (χ1) is 11.3. The predicted molar refractivity (Wildman–Crippen MR) is 94.7 cm³/mol. The van der Waals surface area contributed by atoms with Crippen molar-refractivity contribution < 1.29 is 17.9 Å². The number of rotatable bonds is 9. The zero-order valence-corrected chi connectivity index (χ0v) is 16.0. The van der Waals surface area contributed by atoms with Crippen LogP contribution in [0.1, 0.15) is 33.3 Å². The van der Waals surface area contributed by atoms with Crippen molar-refractivity contribution in [1.29, 1.82) is 0 Å². The molecule has 0 unspecified atom stereocenters. The first kappa shape index (κ1) is 20.4. The summed E-state index contributed by atoms with van der Waals surface area (Å²) in [6, 6.07) is 4.77. The minimum Gasteiger partial charge on any atom is -0.494 e. The van der Waals surface area contributed by atoms with E-state index in [-0.39, 0.29) is 23.9 Å². The molecule has 0 heterocycles. The van der Waals surface area contributed by atoms with Crippen molar-refractivity contribution in [2.75, 3.05) is 32.8 Å². The Morgan fingerprint density at radius 3 is 2.17 bits per heavy atom. The summed E-state index contributed by atoms with van der Waals surface area (Å²) in [6.07, 6.45) is 0. The molecule has 1 aromatic carbocycles. The number of nitrogens with zero attached hydrogens (tertiary/aromatic N) is 2. The van der Waals surface area contributed by atoms with Gasteiger partial charge in [0.25, 0.3) is 0 Å². The molecular weight excluding hydrogens is 328 g/mol. The molecule has 0 aliphatic heterocycles. The third kappa shape index (κ3) is 4.70. The van der Waals surface area contributed by atoms with Gasteiger partial charge in [0.05, 0.1) is 18.0 Å². The highest BCUT2D eigenvalue weighted by Gasteiger charge is 2.27. The molecule has 0 aromatic heterocycles. The lowest BCUT2D eigenvalue weighted by Gasteiger charge is -2.25. The van der Waals surface area contributed by atoms with Crippen LogP contribution in [0.5, 0.6) is 5.75 Å². The van der Waals surface area contributed by atoms with Gasteiger partial charge in [-0.15, -0.1) is 0 Å². The van der Waals surface area contributed by atoms with Gasteiger partial charge in [0.2, 0.25) is 15.9 Å². The van der Waals surface area contributed by atoms with E-state index in [2.05, 4.69) is 0 Å². The third-order valence-electron chi connectivity index (χ3n) is 3.86. The van der Waals surface area contributed by atoms with Crippen molar-refractivity contribution >= 4 is 15.9 Å². The maximum atomic E-state index is 12.8. The minimum absolute atomic E-state index is 0.146. The summed E-state index contributed by atoms with van der Waals surface area (Å²) in [6.45, 7) is 10.9. The van der Waals surface area contributed by atoms with Crippen LogP contribution < -0.4 is 4.74 Å². The zero-order chi connectivity index (χ0) is 18.3. The summed E-state index contributed by atoms with van der Waals surface area (Å²) in [5.41, 5.74) is 0.754. The summed E-state index contributed by atoms with van der Waals surface area (Å²) in [4.78, 5) is 14.1. The number of hydrogen-bond donors (Lipinski definition) is 0. The monoisotopic (exact) mass is 356 g/mol. The van der Waals surface area contributed by atoms with Gasteiger partial charge in [-0.3, -0.25) is 4.79 Å².